The highest BCUT2D eigenvalue weighted by molar-refractivity contribution is 5.89. The van der Waals surface area contributed by atoms with Crippen LogP contribution in [0.1, 0.15) is 48.6 Å². The van der Waals surface area contributed by atoms with Gasteiger partial charge in [-0.05, 0) is 0 Å². The average molecular weight is 275 g/mol. The van der Waals surface area contributed by atoms with Crippen molar-refractivity contribution in [1.29, 1.82) is 0 Å². The Morgan fingerprint density at radius 1 is 1.30 bits per heavy atom. The van der Waals surface area contributed by atoms with E-state index < -0.39 is 0 Å². The number of aryl methyl sites for hydroxylation is 1. The number of fused-ring (bicyclic) bond motifs is 1. The van der Waals surface area contributed by atoms with Gasteiger partial charge in [-0.3, -0.25) is 9.48 Å². The summed E-state index contributed by atoms with van der Waals surface area (Å²) in [5.41, 5.74) is 1.86. The number of hydrogen-bond donors (Lipinski definition) is 0. The Balaban J connectivity index is 1.80. The highest BCUT2D eigenvalue weighted by atomic mass is 16.4. The molecule has 7 heteroatoms. The largest absolute Gasteiger partial charge is 0.416 e. The van der Waals surface area contributed by atoms with Crippen LogP contribution < -0.4 is 0 Å². The van der Waals surface area contributed by atoms with Crippen molar-refractivity contribution >= 4 is 5.91 Å². The Labute approximate surface area is 116 Å². The van der Waals surface area contributed by atoms with E-state index in [1.165, 1.54) is 0 Å². The maximum atomic E-state index is 12.4. The first kappa shape index (κ1) is 12.8. The quantitative estimate of drug-likeness (QED) is 0.783. The van der Waals surface area contributed by atoms with Crippen LogP contribution >= 0.6 is 0 Å². The number of carbonyl (C=O) groups is 1. The molecule has 0 radical (unpaired) electrons. The lowest BCUT2D eigenvalue weighted by molar-refractivity contribution is 0.0704. The van der Waals surface area contributed by atoms with Crippen molar-refractivity contribution < 1.29 is 9.21 Å². The molecule has 0 N–H and O–H groups in total. The van der Waals surface area contributed by atoms with E-state index in [0.29, 0.717) is 19.0 Å². The van der Waals surface area contributed by atoms with Gasteiger partial charge in [-0.15, -0.1) is 10.2 Å². The number of aromatic nitrogens is 4. The molecule has 106 valence electrons. The fraction of sp³-hybridized carbons (Fsp3) is 0.538. The van der Waals surface area contributed by atoms with Gasteiger partial charge in [-0.2, -0.15) is 5.10 Å². The molecule has 1 aliphatic heterocycles. The summed E-state index contributed by atoms with van der Waals surface area (Å²) in [6.45, 7) is 6.96. The van der Waals surface area contributed by atoms with Gasteiger partial charge in [0.15, 0.2) is 0 Å². The standard InChI is InChI=1S/C13H17N5O2/c1-13(2,3)12-16-15-10(20-12)11(19)18-6-8-5-14-17(4)9(8)7-18/h5H,6-7H2,1-4H3. The summed E-state index contributed by atoms with van der Waals surface area (Å²) in [5, 5.41) is 12.0. The van der Waals surface area contributed by atoms with Gasteiger partial charge in [0, 0.05) is 18.0 Å². The minimum Gasteiger partial charge on any atom is -0.416 e. The molecule has 0 aromatic carbocycles. The van der Waals surface area contributed by atoms with E-state index in [0.717, 1.165) is 11.3 Å². The Hall–Kier alpha value is -2.18. The molecule has 0 fully saturated rings. The third-order valence-corrected chi connectivity index (χ3v) is 3.39. The average Bonchev–Trinajstić information content (AvgIpc) is 3.04. The number of carbonyl (C=O) groups excluding carboxylic acids is 1. The monoisotopic (exact) mass is 275 g/mol. The summed E-state index contributed by atoms with van der Waals surface area (Å²) in [4.78, 5) is 14.1. The fourth-order valence-corrected chi connectivity index (χ4v) is 2.18. The van der Waals surface area contributed by atoms with Crippen LogP contribution in [0.3, 0.4) is 0 Å². The first-order chi connectivity index (χ1) is 9.36. The van der Waals surface area contributed by atoms with Crippen LogP contribution in [0.15, 0.2) is 10.6 Å². The summed E-state index contributed by atoms with van der Waals surface area (Å²) in [5.74, 6) is 0.291. The van der Waals surface area contributed by atoms with E-state index in [2.05, 4.69) is 15.3 Å². The lowest BCUT2D eigenvalue weighted by Gasteiger charge is -2.13. The molecule has 20 heavy (non-hydrogen) atoms. The molecule has 0 unspecified atom stereocenters. The zero-order valence-corrected chi connectivity index (χ0v) is 12.0. The van der Waals surface area contributed by atoms with E-state index >= 15 is 0 Å². The SMILES string of the molecule is Cn1ncc2c1CN(C(=O)c1nnc(C(C)(C)C)o1)C2. The predicted octanol–water partition coefficient (Wildman–Crippen LogP) is 1.26. The Morgan fingerprint density at radius 2 is 2.05 bits per heavy atom. The zero-order chi connectivity index (χ0) is 14.5. The first-order valence-corrected chi connectivity index (χ1v) is 6.49. The van der Waals surface area contributed by atoms with E-state index in [1.807, 2.05) is 27.8 Å². The summed E-state index contributed by atoms with van der Waals surface area (Å²) in [7, 11) is 1.87. The Bertz CT molecular complexity index is 665. The Kier molecular flexibility index (Phi) is 2.67. The second kappa shape index (κ2) is 4.16. The van der Waals surface area contributed by atoms with E-state index in [1.54, 1.807) is 15.8 Å². The molecule has 1 amide bonds. The normalized spacial score (nSPS) is 14.7. The second-order valence-corrected chi connectivity index (χ2v) is 6.06. The zero-order valence-electron chi connectivity index (χ0n) is 12.0. The van der Waals surface area contributed by atoms with Crippen LogP contribution in [0, 0.1) is 0 Å². The van der Waals surface area contributed by atoms with Crippen LogP contribution in [-0.4, -0.2) is 30.8 Å². The third-order valence-electron chi connectivity index (χ3n) is 3.39. The molecule has 0 saturated carbocycles. The first-order valence-electron chi connectivity index (χ1n) is 6.49. The van der Waals surface area contributed by atoms with E-state index in [9.17, 15) is 4.79 Å². The lowest BCUT2D eigenvalue weighted by atomic mass is 9.97. The molecule has 2 aromatic heterocycles. The van der Waals surface area contributed by atoms with Gasteiger partial charge in [-0.25, -0.2) is 0 Å². The molecular weight excluding hydrogens is 258 g/mol. The van der Waals surface area contributed by atoms with Gasteiger partial charge in [0.1, 0.15) is 0 Å². The molecule has 0 bridgehead atoms. The number of hydrogen-bond acceptors (Lipinski definition) is 5. The summed E-state index contributed by atoms with van der Waals surface area (Å²) in [6.07, 6.45) is 1.79. The van der Waals surface area contributed by atoms with Gasteiger partial charge in [0.05, 0.1) is 25.0 Å². The molecule has 3 rings (SSSR count). The molecule has 1 aliphatic rings. The highest BCUT2D eigenvalue weighted by Crippen LogP contribution is 2.25. The summed E-state index contributed by atoms with van der Waals surface area (Å²) >= 11 is 0. The number of rotatable bonds is 1. The van der Waals surface area contributed by atoms with Crippen LogP contribution in [0.2, 0.25) is 0 Å². The van der Waals surface area contributed by atoms with Gasteiger partial charge in [0.2, 0.25) is 5.89 Å². The molecular formula is C13H17N5O2. The van der Waals surface area contributed by atoms with E-state index in [-0.39, 0.29) is 17.2 Å². The van der Waals surface area contributed by atoms with Gasteiger partial charge >= 0.3 is 11.8 Å². The summed E-state index contributed by atoms with van der Waals surface area (Å²) < 4.78 is 7.28. The maximum absolute atomic E-state index is 12.4. The number of amides is 1. The van der Waals surface area contributed by atoms with Crippen LogP contribution in [0.25, 0.3) is 0 Å². The molecule has 0 aliphatic carbocycles. The van der Waals surface area contributed by atoms with Crippen molar-refractivity contribution in [3.05, 3.63) is 29.2 Å². The van der Waals surface area contributed by atoms with Crippen molar-refractivity contribution in [1.82, 2.24) is 24.9 Å². The van der Waals surface area contributed by atoms with Crippen LogP contribution in [0.5, 0.6) is 0 Å². The molecule has 0 spiro atoms. The lowest BCUT2D eigenvalue weighted by Crippen LogP contribution is -2.26. The van der Waals surface area contributed by atoms with Crippen molar-refractivity contribution in [3.8, 4) is 0 Å². The van der Waals surface area contributed by atoms with Gasteiger partial charge < -0.3 is 9.32 Å². The van der Waals surface area contributed by atoms with Crippen LogP contribution in [-0.2, 0) is 25.6 Å². The molecule has 0 saturated heterocycles. The Morgan fingerprint density at radius 3 is 2.65 bits per heavy atom. The predicted molar refractivity (Wildman–Crippen MR) is 69.8 cm³/mol. The molecule has 2 aromatic rings. The van der Waals surface area contributed by atoms with Crippen molar-refractivity contribution in [3.63, 3.8) is 0 Å². The topological polar surface area (TPSA) is 77.1 Å². The maximum Gasteiger partial charge on any atom is 0.312 e. The minimum absolute atomic E-state index is 0.0516. The van der Waals surface area contributed by atoms with Gasteiger partial charge in [-0.1, -0.05) is 20.8 Å². The van der Waals surface area contributed by atoms with Crippen molar-refractivity contribution in [2.24, 2.45) is 7.05 Å². The third kappa shape index (κ3) is 1.99. The van der Waals surface area contributed by atoms with E-state index in [4.69, 9.17) is 4.42 Å². The fourth-order valence-electron chi connectivity index (χ4n) is 2.18. The van der Waals surface area contributed by atoms with Crippen LogP contribution in [0.4, 0.5) is 0 Å². The number of nitrogens with zero attached hydrogens (tertiary/aromatic N) is 5. The van der Waals surface area contributed by atoms with Crippen molar-refractivity contribution in [2.45, 2.75) is 39.3 Å². The molecule has 7 nitrogen and oxygen atoms in total. The van der Waals surface area contributed by atoms with Crippen molar-refractivity contribution in [2.75, 3.05) is 0 Å². The smallest absolute Gasteiger partial charge is 0.312 e. The summed E-state index contributed by atoms with van der Waals surface area (Å²) in [6, 6.07) is 0. The van der Waals surface area contributed by atoms with Gasteiger partial charge in [0.25, 0.3) is 0 Å². The second-order valence-electron chi connectivity index (χ2n) is 6.06. The minimum atomic E-state index is -0.260. The highest BCUT2D eigenvalue weighted by Gasteiger charge is 2.31. The molecule has 0 atom stereocenters. The molecule has 3 heterocycles.